The fourth-order valence-corrected chi connectivity index (χ4v) is 15.8. The summed E-state index contributed by atoms with van der Waals surface area (Å²) >= 11 is 0. The number of nitrogens with zero attached hydrogens (tertiary/aromatic N) is 3. The first-order valence-corrected chi connectivity index (χ1v) is 44.4. The fraction of sp³-hybridized carbons (Fsp3) is 0.405. The molecule has 0 unspecified atom stereocenters. The van der Waals surface area contributed by atoms with E-state index >= 15 is 0 Å². The van der Waals surface area contributed by atoms with Gasteiger partial charge in [-0.15, -0.1) is 0 Å². The summed E-state index contributed by atoms with van der Waals surface area (Å²) in [6, 6.07) is 62.8. The molecule has 0 aliphatic heterocycles. The van der Waals surface area contributed by atoms with Gasteiger partial charge in [0.15, 0.2) is 0 Å². The van der Waals surface area contributed by atoms with Gasteiger partial charge in [-0.1, -0.05) is 408 Å². The van der Waals surface area contributed by atoms with E-state index in [1.54, 1.807) is 6.92 Å². The van der Waals surface area contributed by atoms with Gasteiger partial charge in [0, 0.05) is 51.8 Å². The van der Waals surface area contributed by atoms with Crippen LogP contribution in [0.15, 0.2) is 285 Å². The zero-order valence-electron chi connectivity index (χ0n) is 97.4. The lowest BCUT2D eigenvalue weighted by Gasteiger charge is -2.30. The third-order valence-electron chi connectivity index (χ3n) is 22.0. The van der Waals surface area contributed by atoms with Gasteiger partial charge in [0.05, 0.1) is 19.2 Å². The SMILES string of the molecule is CC(C)(C)c1cc(-c2ccccc2)c(C(C)(C)C)c(-c2ccccc2)c1.CC(C)(C)c1ccc(C(C)(C)C)c(-c2ccccc2)c1.CC(C)(C)n1cccc1.Cc1ccc(C)n1C(C)(C)C.Cc1ccc(C)n1C(C)(C)C.[2H]c1c([2H])c([2H])c(-c2cc(C(C)(C)C)cc(-c3c([2H])c([2H])c([2H])c(C)c3[2H])c2C(C)(C)C)c([2H])c1[2H].[2H]c1c([2H])c([2H])c(-c2cc(C(C)(C)C)ccc2C(C)(C)C)c([2H])c1[2H]. The molecule has 0 bridgehead atoms. The molecule has 10 aromatic carbocycles. The molecule has 13 aromatic rings. The van der Waals surface area contributed by atoms with E-state index in [9.17, 15) is 0 Å². The lowest BCUT2D eigenvalue weighted by Crippen LogP contribution is -2.23. The zero-order chi connectivity index (χ0) is 105. The number of hydrogen-bond donors (Lipinski definition) is 0. The van der Waals surface area contributed by atoms with Gasteiger partial charge in [0.25, 0.3) is 0 Å². The highest BCUT2D eigenvalue weighted by atomic mass is 15.1. The van der Waals surface area contributed by atoms with Gasteiger partial charge < -0.3 is 13.7 Å². The van der Waals surface area contributed by atoms with Crippen molar-refractivity contribution in [2.75, 3.05) is 0 Å². The van der Waals surface area contributed by atoms with Crippen molar-refractivity contribution in [3.05, 3.63) is 358 Å². The van der Waals surface area contributed by atoms with Gasteiger partial charge in [0.2, 0.25) is 0 Å². The quantitative estimate of drug-likeness (QED) is 0.158. The van der Waals surface area contributed by atoms with Crippen LogP contribution in [0.25, 0.3) is 66.8 Å². The van der Waals surface area contributed by atoms with Gasteiger partial charge in [-0.05, 0) is 288 Å². The Morgan fingerprint density at radius 2 is 0.484 bits per heavy atom. The molecule has 0 amide bonds. The van der Waals surface area contributed by atoms with Crippen LogP contribution in [-0.2, 0) is 59.9 Å². The first-order chi connectivity index (χ1) is 62.9. The lowest BCUT2D eigenvalue weighted by molar-refractivity contribution is 0.383. The molecule has 3 heteroatoms. The predicted molar refractivity (Wildman–Crippen MR) is 550 cm³/mol. The normalized spacial score (nSPS) is 13.9. The van der Waals surface area contributed by atoms with Crippen LogP contribution in [0.2, 0.25) is 0 Å². The Morgan fingerprint density at radius 3 is 0.750 bits per heavy atom. The van der Waals surface area contributed by atoms with Gasteiger partial charge in [-0.2, -0.15) is 0 Å². The molecule has 660 valence electrons. The van der Waals surface area contributed by atoms with Crippen LogP contribution in [-0.4, -0.2) is 13.7 Å². The van der Waals surface area contributed by atoms with Crippen LogP contribution in [0.3, 0.4) is 0 Å². The summed E-state index contributed by atoms with van der Waals surface area (Å²) in [7, 11) is 0. The Bertz CT molecular complexity index is 6050. The smallest absolute Gasteiger partial charge is 0.0632 e. The van der Waals surface area contributed by atoms with Gasteiger partial charge >= 0.3 is 0 Å². The Morgan fingerprint density at radius 1 is 0.218 bits per heavy atom. The third-order valence-corrected chi connectivity index (χ3v) is 22.0. The molecule has 0 saturated heterocycles. The molecule has 0 aliphatic rings. The van der Waals surface area contributed by atoms with Crippen molar-refractivity contribution < 1.29 is 19.2 Å². The monoisotopic (exact) mass is 1670 g/mol. The van der Waals surface area contributed by atoms with Crippen molar-refractivity contribution in [2.45, 2.75) is 323 Å². The number of aryl methyl sites for hydroxylation is 4. The molecular formula is C121H161N3. The standard InChI is InChI=1S/C27H32.C26H30.2C20H26.2C10H17N.C8H13N/c1-19-12-11-15-21(16-19)24-18-22(26(2,3)4)17-23(25(24)27(5,6)7)20-13-9-8-10-14-20;1-25(2,3)21-17-22(19-13-9-7-10-14-19)24(26(4,5)6)23(18-21)20-15-11-8-12-16-20;2*1-19(2,3)16-12-13-18(20(4,5)6)17(14-16)15-10-8-7-9-11-15;2*1-8-6-7-9(2)11(8)10(3,4)5;1-8(2,3)9-6-4-5-7-9/h8-18H,1-7H3;7-18H,1-6H3;2*7-14H,1-6H3;2*6-7H,1-5H3;4-7H,1-3H3/i8D,9D,10D,11D,12D,13D,14D,15D,16D;;7D,8D,9D,10D,11D;;;;. The number of aromatic nitrogens is 3. The highest BCUT2D eigenvalue weighted by Gasteiger charge is 2.31. The Labute approximate surface area is 776 Å². The average molecular weight is 1670 g/mol. The Balaban J connectivity index is 0.000000229. The summed E-state index contributed by atoms with van der Waals surface area (Å²) in [5, 5.41) is 0. The van der Waals surface area contributed by atoms with Crippen molar-refractivity contribution in [1.82, 2.24) is 13.7 Å². The summed E-state index contributed by atoms with van der Waals surface area (Å²) in [4.78, 5) is 0. The second kappa shape index (κ2) is 40.6. The Kier molecular flexibility index (Phi) is 26.5. The number of rotatable bonds is 6. The van der Waals surface area contributed by atoms with Gasteiger partial charge in [0.1, 0.15) is 0 Å². The van der Waals surface area contributed by atoms with Crippen molar-refractivity contribution >= 4 is 0 Å². The zero-order valence-corrected chi connectivity index (χ0v) is 83.4. The molecule has 0 aliphatic carbocycles. The van der Waals surface area contributed by atoms with Crippen LogP contribution >= 0.6 is 0 Å². The molecule has 0 fully saturated rings. The first kappa shape index (κ1) is 81.1. The number of benzene rings is 10. The highest BCUT2D eigenvalue weighted by Crippen LogP contribution is 2.47. The van der Waals surface area contributed by atoms with Crippen LogP contribution in [0.1, 0.15) is 321 Å². The highest BCUT2D eigenvalue weighted by molar-refractivity contribution is 5.83. The second-order valence-electron chi connectivity index (χ2n) is 44.5. The van der Waals surface area contributed by atoms with Crippen LogP contribution in [0.5, 0.6) is 0 Å². The molecule has 13 rings (SSSR count). The first-order valence-electron chi connectivity index (χ1n) is 51.4. The summed E-state index contributed by atoms with van der Waals surface area (Å²) in [6.07, 6.45) is 4.17. The molecule has 124 heavy (non-hydrogen) atoms. The van der Waals surface area contributed by atoms with E-state index in [2.05, 4.69) is 392 Å². The van der Waals surface area contributed by atoms with Crippen molar-refractivity contribution in [3.8, 4) is 66.8 Å². The molecule has 0 radical (unpaired) electrons. The van der Waals surface area contributed by atoms with E-state index in [1.165, 1.54) is 78.4 Å². The predicted octanol–water partition coefficient (Wildman–Crippen LogP) is 35.4. The minimum Gasteiger partial charge on any atom is -0.349 e. The van der Waals surface area contributed by atoms with E-state index in [-0.39, 0.29) is 138 Å². The largest absolute Gasteiger partial charge is 0.349 e. The van der Waals surface area contributed by atoms with Crippen molar-refractivity contribution in [3.63, 3.8) is 0 Å². The van der Waals surface area contributed by atoms with E-state index in [4.69, 9.17) is 19.2 Å². The fourth-order valence-electron chi connectivity index (χ4n) is 15.8. The molecule has 0 atom stereocenters. The van der Waals surface area contributed by atoms with E-state index in [0.717, 1.165) is 22.3 Å². The van der Waals surface area contributed by atoms with Crippen LogP contribution in [0, 0.1) is 34.6 Å². The molecule has 0 N–H and O–H groups in total. The molecule has 3 heterocycles. The van der Waals surface area contributed by atoms with Crippen molar-refractivity contribution in [2.24, 2.45) is 0 Å². The minimum atomic E-state index is -0.626. The summed E-state index contributed by atoms with van der Waals surface area (Å²) in [5.41, 5.74) is 24.7. The third kappa shape index (κ3) is 28.3. The topological polar surface area (TPSA) is 14.8 Å². The Hall–Kier alpha value is -9.96. The molecule has 0 spiro atoms. The maximum Gasteiger partial charge on any atom is 0.0632 e. The van der Waals surface area contributed by atoms with Crippen LogP contribution < -0.4 is 0 Å². The lowest BCUT2D eigenvalue weighted by atomic mass is 9.74. The van der Waals surface area contributed by atoms with E-state index in [1.807, 2.05) is 77.9 Å². The molecule has 0 saturated carbocycles. The summed E-state index contributed by atoms with van der Waals surface area (Å²) < 4.78 is 123. The summed E-state index contributed by atoms with van der Waals surface area (Å²) in [5.74, 6) is 0. The molecule has 3 aromatic heterocycles. The van der Waals surface area contributed by atoms with Crippen LogP contribution in [0.4, 0.5) is 0 Å². The maximum absolute atomic E-state index is 8.81. The van der Waals surface area contributed by atoms with E-state index in [0.29, 0.717) is 16.7 Å². The van der Waals surface area contributed by atoms with Gasteiger partial charge in [-0.25, -0.2) is 0 Å². The number of hydrogen-bond acceptors (Lipinski definition) is 0. The minimum absolute atomic E-state index is 0.0235. The average Bonchev–Trinajstić information content (AvgIpc) is 0.943. The summed E-state index contributed by atoms with van der Waals surface area (Å²) in [6.45, 7) is 81.9. The molecular weight excluding hydrogens is 1500 g/mol. The van der Waals surface area contributed by atoms with Crippen molar-refractivity contribution in [1.29, 1.82) is 0 Å². The second-order valence-corrected chi connectivity index (χ2v) is 44.5. The van der Waals surface area contributed by atoms with Gasteiger partial charge in [-0.3, -0.25) is 0 Å². The maximum atomic E-state index is 8.81. The molecule has 3 nitrogen and oxygen atoms in total. The van der Waals surface area contributed by atoms with E-state index < -0.39 is 29.0 Å².